The van der Waals surface area contributed by atoms with E-state index in [-0.39, 0.29) is 5.91 Å². The molecule has 17 heavy (non-hydrogen) atoms. The van der Waals surface area contributed by atoms with Gasteiger partial charge in [0.05, 0.1) is 0 Å². The topological polar surface area (TPSA) is 60.9 Å². The number of aromatic nitrogens is 2. The van der Waals surface area contributed by atoms with Gasteiger partial charge in [0.1, 0.15) is 6.33 Å². The lowest BCUT2D eigenvalue weighted by atomic mass is 10.1. The van der Waals surface area contributed by atoms with E-state index >= 15 is 0 Å². The number of nitrogens with two attached hydrogens (primary N) is 1. The van der Waals surface area contributed by atoms with Gasteiger partial charge in [-0.2, -0.15) is 0 Å². The van der Waals surface area contributed by atoms with Crippen molar-refractivity contribution in [2.24, 2.45) is 5.73 Å². The van der Waals surface area contributed by atoms with Crippen LogP contribution in [0.4, 0.5) is 0 Å². The van der Waals surface area contributed by atoms with Crippen LogP contribution in [0.3, 0.4) is 0 Å². The van der Waals surface area contributed by atoms with Crippen LogP contribution in [0.1, 0.15) is 21.6 Å². The average Bonchev–Trinajstić information content (AvgIpc) is 2.78. The van der Waals surface area contributed by atoms with E-state index in [0.29, 0.717) is 18.5 Å². The maximum Gasteiger partial charge on any atom is 0.263 e. The van der Waals surface area contributed by atoms with Crippen molar-refractivity contribution in [2.75, 3.05) is 6.54 Å². The molecular weight excluding hydrogens is 214 g/mol. The predicted octanol–water partition coefficient (Wildman–Crippen LogP) is 1.38. The zero-order valence-corrected chi connectivity index (χ0v) is 9.76. The first kappa shape index (κ1) is 11.5. The summed E-state index contributed by atoms with van der Waals surface area (Å²) < 4.78 is 1.55. The number of benzene rings is 1. The Kier molecular flexibility index (Phi) is 3.35. The largest absolute Gasteiger partial charge is 0.330 e. The normalized spacial score (nSPS) is 10.5. The van der Waals surface area contributed by atoms with E-state index in [2.05, 4.69) is 4.98 Å². The maximum absolute atomic E-state index is 12.2. The van der Waals surface area contributed by atoms with E-state index < -0.39 is 0 Å². The van der Waals surface area contributed by atoms with Gasteiger partial charge in [-0.15, -0.1) is 0 Å². The molecule has 2 aromatic rings. The molecule has 4 nitrogen and oxygen atoms in total. The maximum atomic E-state index is 12.2. The molecule has 1 aromatic carbocycles. The highest BCUT2D eigenvalue weighted by Crippen LogP contribution is 2.08. The Labute approximate surface area is 100 Å². The second-order valence-electron chi connectivity index (χ2n) is 3.96. The van der Waals surface area contributed by atoms with Crippen molar-refractivity contribution in [3.63, 3.8) is 0 Å². The molecule has 0 fully saturated rings. The highest BCUT2D eigenvalue weighted by Gasteiger charge is 2.11. The molecule has 0 unspecified atom stereocenters. The average molecular weight is 229 g/mol. The van der Waals surface area contributed by atoms with E-state index in [9.17, 15) is 4.79 Å². The highest BCUT2D eigenvalue weighted by atomic mass is 16.2. The van der Waals surface area contributed by atoms with Gasteiger partial charge in [-0.3, -0.25) is 9.36 Å². The first-order valence-corrected chi connectivity index (χ1v) is 5.55. The van der Waals surface area contributed by atoms with Crippen molar-refractivity contribution in [2.45, 2.75) is 13.3 Å². The molecule has 2 N–H and O–H groups in total. The van der Waals surface area contributed by atoms with Crippen LogP contribution in [0.5, 0.6) is 0 Å². The summed E-state index contributed by atoms with van der Waals surface area (Å²) in [5, 5.41) is 0. The zero-order valence-electron chi connectivity index (χ0n) is 9.76. The second-order valence-corrected chi connectivity index (χ2v) is 3.96. The van der Waals surface area contributed by atoms with Gasteiger partial charge < -0.3 is 5.73 Å². The summed E-state index contributed by atoms with van der Waals surface area (Å²) in [5.74, 6) is -0.0639. The first-order valence-electron chi connectivity index (χ1n) is 5.55. The van der Waals surface area contributed by atoms with E-state index in [1.165, 1.54) is 6.33 Å². The third-order valence-electron chi connectivity index (χ3n) is 2.63. The molecule has 0 aliphatic heterocycles. The van der Waals surface area contributed by atoms with E-state index in [0.717, 1.165) is 11.3 Å². The van der Waals surface area contributed by atoms with Crippen LogP contribution < -0.4 is 5.73 Å². The summed E-state index contributed by atoms with van der Waals surface area (Å²) in [4.78, 5) is 16.2. The molecule has 1 heterocycles. The number of nitrogens with zero attached hydrogens (tertiary/aromatic N) is 2. The van der Waals surface area contributed by atoms with Crippen molar-refractivity contribution < 1.29 is 4.79 Å². The summed E-state index contributed by atoms with van der Waals surface area (Å²) in [6.07, 6.45) is 3.86. The van der Waals surface area contributed by atoms with Gasteiger partial charge in [0.15, 0.2) is 0 Å². The Balaban J connectivity index is 2.30. The molecule has 0 aliphatic rings. The Morgan fingerprint density at radius 3 is 2.71 bits per heavy atom. The van der Waals surface area contributed by atoms with E-state index in [1.807, 2.05) is 31.2 Å². The third-order valence-corrected chi connectivity index (χ3v) is 2.63. The molecule has 4 heteroatoms. The van der Waals surface area contributed by atoms with Crippen molar-refractivity contribution in [1.82, 2.24) is 9.55 Å². The predicted molar refractivity (Wildman–Crippen MR) is 65.9 cm³/mol. The second kappa shape index (κ2) is 4.93. The monoisotopic (exact) mass is 229 g/mol. The molecule has 0 bridgehead atoms. The van der Waals surface area contributed by atoms with Crippen molar-refractivity contribution >= 4 is 5.91 Å². The third kappa shape index (κ3) is 2.42. The number of hydrogen-bond acceptors (Lipinski definition) is 3. The van der Waals surface area contributed by atoms with Gasteiger partial charge >= 0.3 is 0 Å². The van der Waals surface area contributed by atoms with Gasteiger partial charge in [-0.05, 0) is 25.6 Å². The Morgan fingerprint density at radius 1 is 1.35 bits per heavy atom. The summed E-state index contributed by atoms with van der Waals surface area (Å²) in [6.45, 7) is 2.50. The summed E-state index contributed by atoms with van der Waals surface area (Å²) >= 11 is 0. The van der Waals surface area contributed by atoms with Gasteiger partial charge in [0.2, 0.25) is 0 Å². The fraction of sp³-hybridized carbons (Fsp3) is 0.231. The lowest BCUT2D eigenvalue weighted by Crippen LogP contribution is -2.16. The van der Waals surface area contributed by atoms with Gasteiger partial charge in [-0.25, -0.2) is 4.98 Å². The molecule has 0 saturated heterocycles. The van der Waals surface area contributed by atoms with E-state index in [4.69, 9.17) is 5.73 Å². The lowest BCUT2D eigenvalue weighted by Gasteiger charge is -2.06. The summed E-state index contributed by atoms with van der Waals surface area (Å²) in [6, 6.07) is 7.49. The van der Waals surface area contributed by atoms with Gasteiger partial charge in [0, 0.05) is 23.9 Å². The molecule has 0 spiro atoms. The van der Waals surface area contributed by atoms with Crippen LogP contribution in [0, 0.1) is 6.92 Å². The number of imidazole rings is 1. The first-order chi connectivity index (χ1) is 8.22. The number of carbonyl (C=O) groups is 1. The molecular formula is C13H15N3O. The molecule has 0 radical (unpaired) electrons. The van der Waals surface area contributed by atoms with Crippen LogP contribution >= 0.6 is 0 Å². The lowest BCUT2D eigenvalue weighted by molar-refractivity contribution is 0.0957. The van der Waals surface area contributed by atoms with Crippen LogP contribution in [0.25, 0.3) is 0 Å². The number of rotatable bonds is 3. The molecule has 1 aromatic heterocycles. The van der Waals surface area contributed by atoms with Crippen molar-refractivity contribution in [3.8, 4) is 0 Å². The molecule has 0 aliphatic carbocycles. The smallest absolute Gasteiger partial charge is 0.263 e. The standard InChI is InChI=1S/C13H15N3O/c1-10-2-4-11(5-3-10)13(17)16-9-15-8-12(16)6-7-14/h2-5,8-9H,6-7,14H2,1H3. The van der Waals surface area contributed by atoms with Crippen molar-refractivity contribution in [3.05, 3.63) is 53.6 Å². The Bertz CT molecular complexity index is 514. The van der Waals surface area contributed by atoms with Crippen LogP contribution in [0.15, 0.2) is 36.8 Å². The fourth-order valence-electron chi connectivity index (χ4n) is 1.67. The zero-order chi connectivity index (χ0) is 12.3. The minimum absolute atomic E-state index is 0.0639. The minimum atomic E-state index is -0.0639. The Morgan fingerprint density at radius 2 is 2.06 bits per heavy atom. The minimum Gasteiger partial charge on any atom is -0.330 e. The number of hydrogen-bond donors (Lipinski definition) is 1. The van der Waals surface area contributed by atoms with Crippen LogP contribution in [0.2, 0.25) is 0 Å². The fourth-order valence-corrected chi connectivity index (χ4v) is 1.67. The quantitative estimate of drug-likeness (QED) is 0.865. The van der Waals surface area contributed by atoms with Crippen molar-refractivity contribution in [1.29, 1.82) is 0 Å². The molecule has 2 rings (SSSR count). The van der Waals surface area contributed by atoms with Gasteiger partial charge in [-0.1, -0.05) is 17.7 Å². The number of aryl methyl sites for hydroxylation is 1. The van der Waals surface area contributed by atoms with Gasteiger partial charge in [0.25, 0.3) is 5.91 Å². The molecule has 0 saturated carbocycles. The summed E-state index contributed by atoms with van der Waals surface area (Å²) in [5.41, 5.74) is 8.13. The molecule has 0 amide bonds. The van der Waals surface area contributed by atoms with Crippen LogP contribution in [-0.4, -0.2) is 22.0 Å². The summed E-state index contributed by atoms with van der Waals surface area (Å²) in [7, 11) is 0. The SMILES string of the molecule is Cc1ccc(C(=O)n2cncc2CCN)cc1. The highest BCUT2D eigenvalue weighted by molar-refractivity contribution is 5.96. The van der Waals surface area contributed by atoms with E-state index in [1.54, 1.807) is 10.8 Å². The molecule has 88 valence electrons. The Hall–Kier alpha value is -1.94. The van der Waals surface area contributed by atoms with Crippen LogP contribution in [-0.2, 0) is 6.42 Å². The number of carbonyl (C=O) groups excluding carboxylic acids is 1. The molecule has 0 atom stereocenters.